The first-order valence-corrected chi connectivity index (χ1v) is 12.8. The number of carbonyl (C=O) groups excluding carboxylic acids is 1. The SMILES string of the molecule is CCCOc1ccc([C@@H]2C(C(=O)OCC)=C(c3ccccc3)Nc3nc4ccccc4n32)cc1OCC. The van der Waals surface area contributed by atoms with Crippen LogP contribution >= 0.6 is 0 Å². The molecule has 190 valence electrons. The van der Waals surface area contributed by atoms with Gasteiger partial charge >= 0.3 is 5.97 Å². The number of nitrogens with zero attached hydrogens (tertiary/aromatic N) is 2. The molecule has 4 aromatic rings. The Kier molecular flexibility index (Phi) is 7.12. The zero-order chi connectivity index (χ0) is 25.8. The van der Waals surface area contributed by atoms with Crippen LogP contribution in [0.15, 0.2) is 78.4 Å². The highest BCUT2D eigenvalue weighted by Crippen LogP contribution is 2.44. The number of aromatic nitrogens is 2. The Morgan fingerprint density at radius 2 is 1.70 bits per heavy atom. The van der Waals surface area contributed by atoms with E-state index in [0.717, 1.165) is 28.6 Å². The van der Waals surface area contributed by atoms with E-state index in [2.05, 4.69) is 16.8 Å². The number of fused-ring (bicyclic) bond motifs is 3. The topological polar surface area (TPSA) is 74.6 Å². The van der Waals surface area contributed by atoms with Crippen LogP contribution in [0, 0.1) is 0 Å². The molecule has 3 aromatic carbocycles. The lowest BCUT2D eigenvalue weighted by Gasteiger charge is -2.31. The van der Waals surface area contributed by atoms with Crippen LogP contribution in [0.2, 0.25) is 0 Å². The molecule has 0 saturated carbocycles. The van der Waals surface area contributed by atoms with Gasteiger partial charge in [-0.25, -0.2) is 9.78 Å². The average Bonchev–Trinajstić information content (AvgIpc) is 3.30. The third kappa shape index (κ3) is 4.65. The summed E-state index contributed by atoms with van der Waals surface area (Å²) in [6.07, 6.45) is 0.891. The molecule has 1 atom stereocenters. The summed E-state index contributed by atoms with van der Waals surface area (Å²) in [6, 6.07) is 23.1. The summed E-state index contributed by atoms with van der Waals surface area (Å²) < 4.78 is 19.6. The lowest BCUT2D eigenvalue weighted by atomic mass is 9.92. The Labute approximate surface area is 216 Å². The van der Waals surface area contributed by atoms with Crippen molar-refractivity contribution in [3.8, 4) is 11.5 Å². The van der Waals surface area contributed by atoms with Gasteiger partial charge in [0.15, 0.2) is 11.5 Å². The molecule has 2 heterocycles. The quantitative estimate of drug-likeness (QED) is 0.277. The number of benzene rings is 3. The summed E-state index contributed by atoms with van der Waals surface area (Å²) in [4.78, 5) is 18.5. The zero-order valence-corrected chi connectivity index (χ0v) is 21.4. The highest BCUT2D eigenvalue weighted by molar-refractivity contribution is 6.03. The normalized spacial score (nSPS) is 14.7. The van der Waals surface area contributed by atoms with Gasteiger partial charge in [0.1, 0.15) is 0 Å². The van der Waals surface area contributed by atoms with Crippen molar-refractivity contribution in [2.24, 2.45) is 0 Å². The molecule has 1 aliphatic rings. The van der Waals surface area contributed by atoms with Gasteiger partial charge in [0.05, 0.1) is 48.2 Å². The van der Waals surface area contributed by atoms with E-state index < -0.39 is 6.04 Å². The monoisotopic (exact) mass is 497 g/mol. The Morgan fingerprint density at radius 1 is 0.919 bits per heavy atom. The first-order valence-electron chi connectivity index (χ1n) is 12.8. The summed E-state index contributed by atoms with van der Waals surface area (Å²) in [6.45, 7) is 7.18. The zero-order valence-electron chi connectivity index (χ0n) is 21.4. The molecule has 0 spiro atoms. The second-order valence-electron chi connectivity index (χ2n) is 8.68. The van der Waals surface area contributed by atoms with Crippen LogP contribution in [0.5, 0.6) is 11.5 Å². The van der Waals surface area contributed by atoms with Crippen LogP contribution in [0.1, 0.15) is 44.4 Å². The fraction of sp³-hybridized carbons (Fsp3) is 0.267. The number of rotatable bonds is 9. The second kappa shape index (κ2) is 10.8. The second-order valence-corrected chi connectivity index (χ2v) is 8.68. The Balaban J connectivity index is 1.78. The van der Waals surface area contributed by atoms with E-state index in [9.17, 15) is 4.79 Å². The molecule has 5 rings (SSSR count). The highest BCUT2D eigenvalue weighted by Gasteiger charge is 2.37. The molecule has 0 fully saturated rings. The van der Waals surface area contributed by atoms with E-state index >= 15 is 0 Å². The lowest BCUT2D eigenvalue weighted by molar-refractivity contribution is -0.138. The minimum atomic E-state index is -0.502. The summed E-state index contributed by atoms with van der Waals surface area (Å²) in [5.74, 6) is 1.60. The maximum absolute atomic E-state index is 13.6. The fourth-order valence-corrected chi connectivity index (χ4v) is 4.70. The molecule has 0 amide bonds. The lowest BCUT2D eigenvalue weighted by Crippen LogP contribution is -2.29. The number of ether oxygens (including phenoxy) is 3. The Bertz CT molecular complexity index is 1440. The predicted molar refractivity (Wildman–Crippen MR) is 145 cm³/mol. The summed E-state index contributed by atoms with van der Waals surface area (Å²) >= 11 is 0. The molecule has 7 nitrogen and oxygen atoms in total. The molecule has 0 aliphatic carbocycles. The van der Waals surface area contributed by atoms with E-state index in [1.807, 2.05) is 86.6 Å². The Morgan fingerprint density at radius 3 is 2.46 bits per heavy atom. The minimum Gasteiger partial charge on any atom is -0.490 e. The van der Waals surface area contributed by atoms with E-state index in [1.165, 1.54) is 0 Å². The maximum Gasteiger partial charge on any atom is 0.338 e. The molecule has 1 aliphatic heterocycles. The van der Waals surface area contributed by atoms with Crippen molar-refractivity contribution < 1.29 is 19.0 Å². The summed E-state index contributed by atoms with van der Waals surface area (Å²) in [7, 11) is 0. The number of para-hydroxylation sites is 2. The van der Waals surface area contributed by atoms with Crippen molar-refractivity contribution >= 4 is 28.6 Å². The van der Waals surface area contributed by atoms with Crippen LogP contribution in [-0.4, -0.2) is 35.3 Å². The van der Waals surface area contributed by atoms with E-state index in [1.54, 1.807) is 0 Å². The van der Waals surface area contributed by atoms with Gasteiger partial charge in [-0.15, -0.1) is 0 Å². The molecule has 0 bridgehead atoms. The van der Waals surface area contributed by atoms with Gasteiger partial charge in [0, 0.05) is 0 Å². The highest BCUT2D eigenvalue weighted by atomic mass is 16.5. The molecule has 7 heteroatoms. The van der Waals surface area contributed by atoms with Gasteiger partial charge in [-0.05, 0) is 55.7 Å². The van der Waals surface area contributed by atoms with Crippen molar-refractivity contribution in [1.82, 2.24) is 9.55 Å². The number of nitrogens with one attached hydrogen (secondary N) is 1. The maximum atomic E-state index is 13.6. The first-order chi connectivity index (χ1) is 18.2. The summed E-state index contributed by atoms with van der Waals surface area (Å²) in [5.41, 5.74) is 4.68. The third-order valence-electron chi connectivity index (χ3n) is 6.24. The molecule has 0 unspecified atom stereocenters. The van der Waals surface area contributed by atoms with Crippen molar-refractivity contribution in [3.63, 3.8) is 0 Å². The molecule has 1 N–H and O–H groups in total. The first kappa shape index (κ1) is 24.4. The minimum absolute atomic E-state index is 0.267. The standard InChI is InChI=1S/C30H31N3O4/c1-4-18-37-24-17-16-21(19-25(24)35-5-2)28-26(29(34)36-6-3)27(20-12-8-7-9-13-20)32-30-31-22-14-10-11-15-23(22)33(28)30/h7-17,19,28H,4-6,18H2,1-3H3,(H,31,32)/t28-/m1/s1. The van der Waals surface area contributed by atoms with Crippen LogP contribution in [0.3, 0.4) is 0 Å². The largest absolute Gasteiger partial charge is 0.490 e. The van der Waals surface area contributed by atoms with Gasteiger partial charge in [0.2, 0.25) is 5.95 Å². The van der Waals surface area contributed by atoms with Crippen LogP contribution in [0.4, 0.5) is 5.95 Å². The predicted octanol–water partition coefficient (Wildman–Crippen LogP) is 6.21. The molecular weight excluding hydrogens is 466 g/mol. The van der Waals surface area contributed by atoms with Crippen molar-refractivity contribution in [2.75, 3.05) is 25.1 Å². The van der Waals surface area contributed by atoms with Crippen LogP contribution in [0.25, 0.3) is 16.7 Å². The van der Waals surface area contributed by atoms with E-state index in [4.69, 9.17) is 19.2 Å². The molecule has 37 heavy (non-hydrogen) atoms. The third-order valence-corrected chi connectivity index (χ3v) is 6.24. The molecule has 0 radical (unpaired) electrons. The summed E-state index contributed by atoms with van der Waals surface area (Å²) in [5, 5.41) is 3.45. The van der Waals surface area contributed by atoms with E-state index in [-0.39, 0.29) is 12.6 Å². The smallest absolute Gasteiger partial charge is 0.338 e. The number of hydrogen-bond donors (Lipinski definition) is 1. The average molecular weight is 498 g/mol. The van der Waals surface area contributed by atoms with Crippen molar-refractivity contribution in [1.29, 1.82) is 0 Å². The van der Waals surface area contributed by atoms with Crippen molar-refractivity contribution in [3.05, 3.63) is 89.5 Å². The Hall–Kier alpha value is -4.26. The number of anilines is 1. The van der Waals surface area contributed by atoms with E-state index in [0.29, 0.717) is 41.9 Å². The van der Waals surface area contributed by atoms with Crippen molar-refractivity contribution in [2.45, 2.75) is 33.2 Å². The van der Waals surface area contributed by atoms with Crippen LogP contribution < -0.4 is 14.8 Å². The van der Waals surface area contributed by atoms with Gasteiger partial charge < -0.3 is 19.5 Å². The van der Waals surface area contributed by atoms with Gasteiger partial charge in [-0.3, -0.25) is 4.57 Å². The number of hydrogen-bond acceptors (Lipinski definition) is 6. The van der Waals surface area contributed by atoms with Gasteiger partial charge in [-0.1, -0.05) is 55.5 Å². The van der Waals surface area contributed by atoms with Crippen LogP contribution in [-0.2, 0) is 9.53 Å². The fourth-order valence-electron chi connectivity index (χ4n) is 4.70. The van der Waals surface area contributed by atoms with Gasteiger partial charge in [-0.2, -0.15) is 0 Å². The molecule has 0 saturated heterocycles. The van der Waals surface area contributed by atoms with Gasteiger partial charge in [0.25, 0.3) is 0 Å². The number of esters is 1. The molecular formula is C30H31N3O4. The molecule has 1 aromatic heterocycles. The number of carbonyl (C=O) groups is 1. The number of imidazole rings is 1.